The predicted molar refractivity (Wildman–Crippen MR) is 173 cm³/mol. The van der Waals surface area contributed by atoms with Crippen molar-refractivity contribution >= 4 is 71.0 Å². The van der Waals surface area contributed by atoms with E-state index in [1.54, 1.807) is 13.8 Å². The van der Waals surface area contributed by atoms with E-state index in [1.807, 2.05) is 66.7 Å². The Morgan fingerprint density at radius 3 is 1.67 bits per heavy atom. The number of thiazole rings is 2. The lowest BCUT2D eigenvalue weighted by Crippen LogP contribution is -2.08. The molecule has 4 aromatic heterocycles. The molecule has 0 saturated heterocycles. The average Bonchev–Trinajstić information content (AvgIpc) is 3.72. The van der Waals surface area contributed by atoms with Crippen molar-refractivity contribution in [1.82, 2.24) is 19.9 Å². The fourth-order valence-corrected chi connectivity index (χ4v) is 6.70. The molecular formula is C31H22BrN5O6S2. The van der Waals surface area contributed by atoms with Crippen LogP contribution in [0.25, 0.3) is 41.6 Å². The number of rotatable bonds is 6. The molecular weight excluding hydrogens is 682 g/mol. The second kappa shape index (κ2) is 13.8. The lowest BCUT2D eigenvalue weighted by molar-refractivity contribution is 0.0506. The van der Waals surface area contributed by atoms with Gasteiger partial charge in [-0.2, -0.15) is 5.26 Å². The minimum absolute atomic E-state index is 0.0146. The molecule has 226 valence electrons. The molecule has 0 atom stereocenters. The van der Waals surface area contributed by atoms with E-state index in [0.717, 1.165) is 16.1 Å². The largest absolute Gasteiger partial charge is 0.504 e. The molecule has 0 fully saturated rings. The summed E-state index contributed by atoms with van der Waals surface area (Å²) in [4.78, 5) is 40.6. The maximum absolute atomic E-state index is 11.9. The van der Waals surface area contributed by atoms with Crippen LogP contribution in [0.2, 0.25) is 0 Å². The number of carbonyl (C=O) groups excluding carboxylic acids is 2. The zero-order valence-electron chi connectivity index (χ0n) is 23.6. The van der Waals surface area contributed by atoms with E-state index in [1.165, 1.54) is 22.7 Å². The molecule has 0 spiro atoms. The van der Waals surface area contributed by atoms with Gasteiger partial charge in [-0.25, -0.2) is 29.5 Å². The number of esters is 2. The molecule has 45 heavy (non-hydrogen) atoms. The molecule has 0 amide bonds. The van der Waals surface area contributed by atoms with Gasteiger partial charge in [0.05, 0.1) is 13.2 Å². The fraction of sp³-hybridized carbons (Fsp3) is 0.129. The monoisotopic (exact) mass is 703 g/mol. The quantitative estimate of drug-likeness (QED) is 0.134. The number of halogens is 1. The van der Waals surface area contributed by atoms with Crippen LogP contribution >= 0.6 is 38.6 Å². The molecule has 4 heterocycles. The van der Waals surface area contributed by atoms with Crippen molar-refractivity contribution in [2.24, 2.45) is 0 Å². The standard InChI is InChI=1S/C16H11N3O3S.C15H11BrN2O3S/c1-2-22-16(21)12-13(20)14-11(10(8-17)18-12)19-15(23-14)9-6-4-3-5-7-9;1-2-21-15(20)9-11(19)12-10(13(16)17-9)18-14(22-12)8-6-4-3-5-7-8/h3-7,20H,2H2,1H3;3-7,19H,2H2,1H3. The molecule has 0 saturated carbocycles. The third-order valence-corrected chi connectivity index (χ3v) is 8.85. The van der Waals surface area contributed by atoms with Crippen LogP contribution in [0.3, 0.4) is 0 Å². The molecule has 0 radical (unpaired) electrons. The molecule has 2 aromatic carbocycles. The van der Waals surface area contributed by atoms with E-state index >= 15 is 0 Å². The number of aromatic nitrogens is 4. The number of nitriles is 1. The minimum Gasteiger partial charge on any atom is -0.504 e. The van der Waals surface area contributed by atoms with Gasteiger partial charge < -0.3 is 19.7 Å². The summed E-state index contributed by atoms with van der Waals surface area (Å²) >= 11 is 5.80. The minimum atomic E-state index is -0.766. The molecule has 0 aliphatic rings. The number of aromatic hydroxyl groups is 2. The Labute approximate surface area is 272 Å². The zero-order chi connectivity index (χ0) is 32.1. The number of benzene rings is 2. The summed E-state index contributed by atoms with van der Waals surface area (Å²) in [6.45, 7) is 3.72. The van der Waals surface area contributed by atoms with Gasteiger partial charge in [0.1, 0.15) is 41.1 Å². The van der Waals surface area contributed by atoms with E-state index in [4.69, 9.17) is 9.47 Å². The van der Waals surface area contributed by atoms with Crippen LogP contribution in [0.15, 0.2) is 65.3 Å². The van der Waals surface area contributed by atoms with E-state index in [2.05, 4.69) is 35.9 Å². The smallest absolute Gasteiger partial charge is 0.360 e. The first-order chi connectivity index (χ1) is 21.8. The van der Waals surface area contributed by atoms with E-state index in [9.17, 15) is 25.1 Å². The summed E-state index contributed by atoms with van der Waals surface area (Å²) in [5, 5.41) is 31.3. The Balaban J connectivity index is 0.000000178. The van der Waals surface area contributed by atoms with Crippen molar-refractivity contribution in [3.63, 3.8) is 0 Å². The first kappa shape index (κ1) is 31.5. The van der Waals surface area contributed by atoms with Crippen LogP contribution < -0.4 is 0 Å². The molecule has 11 nitrogen and oxygen atoms in total. The molecule has 2 N–H and O–H groups in total. The Kier molecular flexibility index (Phi) is 9.62. The van der Waals surface area contributed by atoms with Crippen molar-refractivity contribution in [2.45, 2.75) is 13.8 Å². The van der Waals surface area contributed by atoms with Crippen LogP contribution in [-0.4, -0.2) is 55.3 Å². The summed E-state index contributed by atoms with van der Waals surface area (Å²) in [7, 11) is 0. The van der Waals surface area contributed by atoms with Gasteiger partial charge in [-0.3, -0.25) is 0 Å². The second-order valence-electron chi connectivity index (χ2n) is 8.94. The lowest BCUT2D eigenvalue weighted by Gasteiger charge is -2.04. The van der Waals surface area contributed by atoms with Crippen LogP contribution in [-0.2, 0) is 9.47 Å². The van der Waals surface area contributed by atoms with Gasteiger partial charge in [0.15, 0.2) is 28.6 Å². The fourth-order valence-electron chi connectivity index (χ4n) is 4.07. The Bertz CT molecular complexity index is 2080. The van der Waals surface area contributed by atoms with E-state index in [-0.39, 0.29) is 47.3 Å². The van der Waals surface area contributed by atoms with E-state index in [0.29, 0.717) is 24.5 Å². The highest BCUT2D eigenvalue weighted by Gasteiger charge is 2.24. The van der Waals surface area contributed by atoms with Crippen LogP contribution in [0.5, 0.6) is 11.5 Å². The number of carbonyl (C=O) groups is 2. The summed E-state index contributed by atoms with van der Waals surface area (Å²) in [6, 6.07) is 20.9. The summed E-state index contributed by atoms with van der Waals surface area (Å²) in [5.41, 5.74) is 2.21. The highest BCUT2D eigenvalue weighted by molar-refractivity contribution is 9.10. The summed E-state index contributed by atoms with van der Waals surface area (Å²) in [6.07, 6.45) is 0. The third kappa shape index (κ3) is 6.46. The maximum Gasteiger partial charge on any atom is 0.360 e. The number of hydrogen-bond donors (Lipinski definition) is 2. The molecule has 0 unspecified atom stereocenters. The number of nitrogens with zero attached hydrogens (tertiary/aromatic N) is 5. The van der Waals surface area contributed by atoms with Crippen LogP contribution in [0.4, 0.5) is 0 Å². The van der Waals surface area contributed by atoms with Gasteiger partial charge in [0.25, 0.3) is 0 Å². The van der Waals surface area contributed by atoms with Gasteiger partial charge in [-0.05, 0) is 29.8 Å². The summed E-state index contributed by atoms with van der Waals surface area (Å²) in [5.74, 6) is -1.93. The number of ether oxygens (including phenoxy) is 2. The first-order valence-corrected chi connectivity index (χ1v) is 15.8. The zero-order valence-corrected chi connectivity index (χ0v) is 26.9. The normalized spacial score (nSPS) is 10.6. The predicted octanol–water partition coefficient (Wildman–Crippen LogP) is 7.12. The average molecular weight is 705 g/mol. The molecule has 0 bridgehead atoms. The first-order valence-electron chi connectivity index (χ1n) is 13.3. The van der Waals surface area contributed by atoms with Crippen molar-refractivity contribution < 1.29 is 29.3 Å². The Hall–Kier alpha value is -4.97. The third-order valence-electron chi connectivity index (χ3n) is 6.07. The number of hydrogen-bond acceptors (Lipinski definition) is 13. The van der Waals surface area contributed by atoms with Crippen molar-refractivity contribution in [1.29, 1.82) is 5.26 Å². The van der Waals surface area contributed by atoms with Crippen molar-refractivity contribution in [3.05, 3.63) is 82.3 Å². The highest BCUT2D eigenvalue weighted by Crippen LogP contribution is 2.40. The Morgan fingerprint density at radius 1 is 0.756 bits per heavy atom. The molecule has 14 heteroatoms. The molecule has 6 rings (SSSR count). The Morgan fingerprint density at radius 2 is 1.20 bits per heavy atom. The summed E-state index contributed by atoms with van der Waals surface area (Å²) < 4.78 is 11.0. The van der Waals surface area contributed by atoms with Crippen LogP contribution in [0.1, 0.15) is 40.5 Å². The SMILES string of the molecule is CCOC(=O)c1nc(Br)c2nc(-c3ccccc3)sc2c1O.CCOC(=O)c1nc(C#N)c2nc(-c3ccccc3)sc2c1O. The van der Waals surface area contributed by atoms with Crippen LogP contribution in [0, 0.1) is 11.3 Å². The highest BCUT2D eigenvalue weighted by atomic mass is 79.9. The second-order valence-corrected chi connectivity index (χ2v) is 11.7. The maximum atomic E-state index is 11.9. The number of pyridine rings is 2. The van der Waals surface area contributed by atoms with Gasteiger partial charge >= 0.3 is 11.9 Å². The molecule has 6 aromatic rings. The van der Waals surface area contributed by atoms with Gasteiger partial charge in [-0.15, -0.1) is 22.7 Å². The molecule has 0 aliphatic carbocycles. The van der Waals surface area contributed by atoms with Crippen molar-refractivity contribution in [3.8, 4) is 38.7 Å². The van der Waals surface area contributed by atoms with E-state index < -0.39 is 11.9 Å². The lowest BCUT2D eigenvalue weighted by atomic mass is 10.2. The van der Waals surface area contributed by atoms with Gasteiger partial charge in [0, 0.05) is 11.1 Å². The van der Waals surface area contributed by atoms with Gasteiger partial charge in [-0.1, -0.05) is 60.7 Å². The van der Waals surface area contributed by atoms with Gasteiger partial charge in [0.2, 0.25) is 0 Å². The number of fused-ring (bicyclic) bond motifs is 2. The molecule has 0 aliphatic heterocycles. The van der Waals surface area contributed by atoms with Crippen molar-refractivity contribution in [2.75, 3.05) is 13.2 Å². The topological polar surface area (TPSA) is 168 Å².